The van der Waals surface area contributed by atoms with Crippen molar-refractivity contribution >= 4 is 15.9 Å². The number of halogens is 1. The number of hydrogen-bond donors (Lipinski definition) is 0. The standard InChI is InChI=1S/C23H34FNO5S/c1-22(2,3)30-21(26)25-11-9-23(10-12-25)15-17(16-23)6-5-13-29-18-7-8-20(19(24)14-18)31(4,27)28/h7-8,14,17H,5-6,9-13,15-16H2,1-4H3. The zero-order valence-electron chi connectivity index (χ0n) is 18.9. The molecule has 0 N–H and O–H groups in total. The van der Waals surface area contributed by atoms with E-state index in [2.05, 4.69) is 0 Å². The van der Waals surface area contributed by atoms with Gasteiger partial charge in [-0.15, -0.1) is 0 Å². The first-order valence-electron chi connectivity index (χ1n) is 11.0. The maximum Gasteiger partial charge on any atom is 0.410 e. The smallest absolute Gasteiger partial charge is 0.410 e. The van der Waals surface area contributed by atoms with Gasteiger partial charge in [0.2, 0.25) is 0 Å². The SMILES string of the molecule is CC(C)(C)OC(=O)N1CCC2(CC1)CC(CCCOc1ccc(S(C)(=O)=O)c(F)c1)C2. The summed E-state index contributed by atoms with van der Waals surface area (Å²) in [6.07, 6.45) is 7.15. The molecule has 0 unspecified atom stereocenters. The molecule has 1 aliphatic heterocycles. The second kappa shape index (κ2) is 8.96. The summed E-state index contributed by atoms with van der Waals surface area (Å²) in [5.74, 6) is 0.240. The fraction of sp³-hybridized carbons (Fsp3) is 0.696. The molecule has 1 spiro atoms. The number of sulfone groups is 1. The van der Waals surface area contributed by atoms with Gasteiger partial charge in [-0.3, -0.25) is 0 Å². The number of ether oxygens (including phenoxy) is 2. The van der Waals surface area contributed by atoms with Crippen LogP contribution in [0.4, 0.5) is 9.18 Å². The van der Waals surface area contributed by atoms with Crippen LogP contribution in [0, 0.1) is 17.2 Å². The Morgan fingerprint density at radius 3 is 2.42 bits per heavy atom. The fourth-order valence-electron chi connectivity index (χ4n) is 4.70. The van der Waals surface area contributed by atoms with Crippen molar-refractivity contribution in [2.24, 2.45) is 11.3 Å². The van der Waals surface area contributed by atoms with Gasteiger partial charge in [0.25, 0.3) is 0 Å². The second-order valence-corrected chi connectivity index (χ2v) is 12.1. The van der Waals surface area contributed by atoms with E-state index in [1.807, 2.05) is 25.7 Å². The quantitative estimate of drug-likeness (QED) is 0.575. The zero-order chi connectivity index (χ0) is 22.9. The highest BCUT2D eigenvalue weighted by molar-refractivity contribution is 7.90. The fourth-order valence-corrected chi connectivity index (χ4v) is 5.43. The Kier molecular flexibility index (Phi) is 6.89. The van der Waals surface area contributed by atoms with Crippen molar-refractivity contribution in [3.05, 3.63) is 24.0 Å². The molecule has 1 saturated heterocycles. The summed E-state index contributed by atoms with van der Waals surface area (Å²) in [4.78, 5) is 13.7. The molecule has 1 heterocycles. The van der Waals surface area contributed by atoms with Gasteiger partial charge >= 0.3 is 6.09 Å². The van der Waals surface area contributed by atoms with E-state index in [1.165, 1.54) is 25.0 Å². The monoisotopic (exact) mass is 455 g/mol. The number of rotatable bonds is 6. The maximum atomic E-state index is 13.9. The van der Waals surface area contributed by atoms with Crippen LogP contribution in [0.15, 0.2) is 23.1 Å². The van der Waals surface area contributed by atoms with Crippen LogP contribution in [-0.2, 0) is 14.6 Å². The second-order valence-electron chi connectivity index (χ2n) is 10.1. The lowest BCUT2D eigenvalue weighted by Crippen LogP contribution is -2.49. The molecule has 0 bridgehead atoms. The van der Waals surface area contributed by atoms with Gasteiger partial charge < -0.3 is 14.4 Å². The molecule has 1 aromatic rings. The summed E-state index contributed by atoms with van der Waals surface area (Å²) >= 11 is 0. The third-order valence-electron chi connectivity index (χ3n) is 6.25. The van der Waals surface area contributed by atoms with Crippen LogP contribution in [0.5, 0.6) is 5.75 Å². The Morgan fingerprint density at radius 2 is 1.87 bits per heavy atom. The molecule has 1 amide bonds. The Hall–Kier alpha value is -1.83. The first kappa shape index (κ1) is 23.8. The molecule has 0 radical (unpaired) electrons. The average molecular weight is 456 g/mol. The number of carbonyl (C=O) groups is 1. The van der Waals surface area contributed by atoms with E-state index in [-0.39, 0.29) is 11.0 Å². The molecule has 2 aliphatic rings. The van der Waals surface area contributed by atoms with Crippen LogP contribution in [-0.4, -0.2) is 51.0 Å². The molecular weight excluding hydrogens is 421 g/mol. The van der Waals surface area contributed by atoms with Gasteiger partial charge in [0.1, 0.15) is 22.1 Å². The first-order valence-corrected chi connectivity index (χ1v) is 12.9. The van der Waals surface area contributed by atoms with Crippen LogP contribution in [0.25, 0.3) is 0 Å². The minimum absolute atomic E-state index is 0.212. The molecule has 2 fully saturated rings. The predicted molar refractivity (Wildman–Crippen MR) is 116 cm³/mol. The largest absolute Gasteiger partial charge is 0.493 e. The lowest BCUT2D eigenvalue weighted by Gasteiger charge is -2.52. The van der Waals surface area contributed by atoms with Crippen LogP contribution in [0.1, 0.15) is 59.3 Å². The number of hydrogen-bond acceptors (Lipinski definition) is 5. The number of benzene rings is 1. The van der Waals surface area contributed by atoms with E-state index >= 15 is 0 Å². The number of likely N-dealkylation sites (tertiary alicyclic amines) is 1. The number of nitrogens with zero attached hydrogens (tertiary/aromatic N) is 1. The Bertz CT molecular complexity index is 893. The topological polar surface area (TPSA) is 72.9 Å². The van der Waals surface area contributed by atoms with Crippen molar-refractivity contribution in [1.82, 2.24) is 4.90 Å². The number of piperidine rings is 1. The molecule has 0 aromatic heterocycles. The first-order chi connectivity index (χ1) is 14.4. The van der Waals surface area contributed by atoms with Crippen LogP contribution < -0.4 is 4.74 Å². The summed E-state index contributed by atoms with van der Waals surface area (Å²) in [5, 5.41) is 0. The van der Waals surface area contributed by atoms with Crippen molar-refractivity contribution in [2.45, 2.75) is 69.8 Å². The summed E-state index contributed by atoms with van der Waals surface area (Å²) in [5.41, 5.74) is -0.0913. The summed E-state index contributed by atoms with van der Waals surface area (Å²) in [6.45, 7) is 7.67. The van der Waals surface area contributed by atoms with Gasteiger partial charge in [-0.25, -0.2) is 17.6 Å². The van der Waals surface area contributed by atoms with E-state index in [0.717, 1.165) is 51.1 Å². The normalized spacial score (nSPS) is 19.2. The highest BCUT2D eigenvalue weighted by atomic mass is 32.2. The van der Waals surface area contributed by atoms with Crippen molar-refractivity contribution in [2.75, 3.05) is 26.0 Å². The van der Waals surface area contributed by atoms with Crippen LogP contribution in [0.2, 0.25) is 0 Å². The summed E-state index contributed by atoms with van der Waals surface area (Å²) in [7, 11) is -3.57. The van der Waals surface area contributed by atoms with Crippen molar-refractivity contribution in [3.63, 3.8) is 0 Å². The number of carbonyl (C=O) groups excluding carboxylic acids is 1. The van der Waals surface area contributed by atoms with Crippen molar-refractivity contribution in [3.8, 4) is 5.75 Å². The van der Waals surface area contributed by atoms with Gasteiger partial charge in [-0.2, -0.15) is 0 Å². The third kappa shape index (κ3) is 6.34. The lowest BCUT2D eigenvalue weighted by atomic mass is 9.56. The third-order valence-corrected chi connectivity index (χ3v) is 7.38. The maximum absolute atomic E-state index is 13.9. The van der Waals surface area contributed by atoms with Crippen LogP contribution in [0.3, 0.4) is 0 Å². The molecular formula is C23H34FNO5S. The van der Waals surface area contributed by atoms with Gasteiger partial charge in [0.05, 0.1) is 6.61 Å². The van der Waals surface area contributed by atoms with Crippen molar-refractivity contribution in [1.29, 1.82) is 0 Å². The van der Waals surface area contributed by atoms with E-state index in [0.29, 0.717) is 23.7 Å². The average Bonchev–Trinajstić information content (AvgIpc) is 2.61. The van der Waals surface area contributed by atoms with E-state index in [4.69, 9.17) is 9.47 Å². The summed E-state index contributed by atoms with van der Waals surface area (Å²) in [6, 6.07) is 3.88. The highest BCUT2D eigenvalue weighted by Gasteiger charge is 2.46. The van der Waals surface area contributed by atoms with E-state index in [1.54, 1.807) is 0 Å². The van der Waals surface area contributed by atoms with E-state index in [9.17, 15) is 17.6 Å². The molecule has 1 aromatic carbocycles. The zero-order valence-corrected chi connectivity index (χ0v) is 19.8. The van der Waals surface area contributed by atoms with Gasteiger partial charge in [-0.1, -0.05) is 0 Å². The van der Waals surface area contributed by atoms with Gasteiger partial charge in [-0.05, 0) is 82.8 Å². The molecule has 1 aliphatic carbocycles. The molecule has 0 atom stereocenters. The molecule has 8 heteroatoms. The number of amides is 1. The Labute approximate surface area is 185 Å². The van der Waals surface area contributed by atoms with Crippen molar-refractivity contribution < 1.29 is 27.1 Å². The Balaban J connectivity index is 1.34. The molecule has 6 nitrogen and oxygen atoms in total. The highest BCUT2D eigenvalue weighted by Crippen LogP contribution is 2.54. The predicted octanol–water partition coefficient (Wildman–Crippen LogP) is 4.82. The van der Waals surface area contributed by atoms with Crippen LogP contribution >= 0.6 is 0 Å². The Morgan fingerprint density at radius 1 is 1.23 bits per heavy atom. The minimum atomic E-state index is -3.57. The minimum Gasteiger partial charge on any atom is -0.493 e. The van der Waals surface area contributed by atoms with Gasteiger partial charge in [0.15, 0.2) is 9.84 Å². The molecule has 1 saturated carbocycles. The summed E-state index contributed by atoms with van der Waals surface area (Å²) < 4.78 is 47.9. The molecule has 31 heavy (non-hydrogen) atoms. The molecule has 174 valence electrons. The van der Waals surface area contributed by atoms with Gasteiger partial charge in [0, 0.05) is 25.4 Å². The van der Waals surface area contributed by atoms with E-state index < -0.39 is 21.3 Å². The molecule has 3 rings (SSSR count). The lowest BCUT2D eigenvalue weighted by molar-refractivity contribution is -0.0301.